The summed E-state index contributed by atoms with van der Waals surface area (Å²) < 4.78 is 5.78. The van der Waals surface area contributed by atoms with Crippen molar-refractivity contribution in [1.82, 2.24) is 35.3 Å². The van der Waals surface area contributed by atoms with Crippen molar-refractivity contribution in [3.63, 3.8) is 0 Å². The van der Waals surface area contributed by atoms with E-state index in [2.05, 4.69) is 78.1 Å². The Labute approximate surface area is 373 Å². The zero-order valence-electron chi connectivity index (χ0n) is 36.7. The Morgan fingerprint density at radius 1 is 0.828 bits per heavy atom. The molecule has 16 nitrogen and oxygen atoms in total. The van der Waals surface area contributed by atoms with Crippen molar-refractivity contribution in [2.24, 2.45) is 5.92 Å². The Balaban J connectivity index is 0.721. The van der Waals surface area contributed by atoms with Crippen LogP contribution in [0.2, 0.25) is 0 Å². The summed E-state index contributed by atoms with van der Waals surface area (Å²) in [5.74, 6) is -0.861. The molecule has 6 heterocycles. The fraction of sp³-hybridized carbons (Fsp3) is 0.438. The van der Waals surface area contributed by atoms with Crippen LogP contribution in [0.1, 0.15) is 71.4 Å². The lowest BCUT2D eigenvalue weighted by atomic mass is 9.95. The Morgan fingerprint density at radius 2 is 1.55 bits per heavy atom. The maximum absolute atomic E-state index is 13.4. The van der Waals surface area contributed by atoms with Crippen molar-refractivity contribution in [3.8, 4) is 11.3 Å². The molecule has 1 atom stereocenters. The molecule has 4 aromatic rings. The number of urea groups is 1. The van der Waals surface area contributed by atoms with Gasteiger partial charge in [0.15, 0.2) is 0 Å². The maximum atomic E-state index is 13.4. The highest BCUT2D eigenvalue weighted by Crippen LogP contribution is 2.33. The zero-order valence-corrected chi connectivity index (χ0v) is 36.7. The molecular weight excluding hydrogens is 813 g/mol. The summed E-state index contributed by atoms with van der Waals surface area (Å²) in [6.45, 7) is 14.4. The summed E-state index contributed by atoms with van der Waals surface area (Å²) in [7, 11) is 0. The number of ether oxygens (including phenoxy) is 1. The number of carbonyl (C=O) groups excluding carboxylic acids is 5. The lowest BCUT2D eigenvalue weighted by Gasteiger charge is -2.40. The van der Waals surface area contributed by atoms with Crippen LogP contribution in [0.15, 0.2) is 72.9 Å². The van der Waals surface area contributed by atoms with Crippen LogP contribution >= 0.6 is 0 Å². The van der Waals surface area contributed by atoms with Gasteiger partial charge in [0.25, 0.3) is 11.8 Å². The molecule has 16 heteroatoms. The number of imide groups is 2. The van der Waals surface area contributed by atoms with E-state index in [1.54, 1.807) is 23.2 Å². The first-order valence-electron chi connectivity index (χ1n) is 22.5. The SMILES string of the molecule is Cc1cc(CNC(=O)N2CC(OC(C)C)C2)cc(-c2ccnc(Nc3ccc(N4CCN(CC5CCN(c6ccc7c(c6)C(=O)N(C6CCC(=O)NC6=O)C7=O)CC5)CC4)cc3)n2)c1. The molecular formula is C48H56N10O6. The molecule has 9 rings (SSSR count). The lowest BCUT2D eigenvalue weighted by molar-refractivity contribution is -0.136. The van der Waals surface area contributed by atoms with Gasteiger partial charge >= 0.3 is 6.03 Å². The monoisotopic (exact) mass is 868 g/mol. The Hall–Kier alpha value is -6.39. The van der Waals surface area contributed by atoms with Crippen molar-refractivity contribution < 1.29 is 28.7 Å². The molecule has 1 aromatic heterocycles. The number of carbonyl (C=O) groups is 5. The number of likely N-dealkylation sites (tertiary alicyclic amines) is 1. The average molecular weight is 869 g/mol. The number of amides is 6. The van der Waals surface area contributed by atoms with Crippen LogP contribution in [0.3, 0.4) is 0 Å². The van der Waals surface area contributed by atoms with Gasteiger partial charge in [0.05, 0.1) is 42.1 Å². The third kappa shape index (κ3) is 9.43. The largest absolute Gasteiger partial charge is 0.372 e. The normalized spacial score (nSPS) is 19.8. The second kappa shape index (κ2) is 18.4. The quantitative estimate of drug-likeness (QED) is 0.164. The van der Waals surface area contributed by atoms with Crippen LogP contribution in [-0.4, -0.2) is 131 Å². The molecule has 6 amide bonds. The van der Waals surface area contributed by atoms with Crippen molar-refractivity contribution in [1.29, 1.82) is 0 Å². The van der Waals surface area contributed by atoms with E-state index in [0.717, 1.165) is 97.3 Å². The fourth-order valence-electron chi connectivity index (χ4n) is 9.52. The van der Waals surface area contributed by atoms with Gasteiger partial charge in [-0.3, -0.25) is 34.3 Å². The van der Waals surface area contributed by atoms with E-state index in [-0.39, 0.29) is 37.0 Å². The first-order valence-corrected chi connectivity index (χ1v) is 22.5. The standard InChI is InChI=1S/C48H56N10O6/c1-30(2)64-38-28-57(29-38)48(63)50-26-33-22-31(3)23-34(24-33)41-12-15-49-47(52-41)51-35-4-6-36(7-5-35)56-20-18-54(19-21-56)27-32-13-16-55(17-14-32)37-8-9-39-40(25-37)46(62)58(45(39)61)42-10-11-43(59)53-44(42)60/h4-9,12,15,22-25,30,32,38,42H,10-11,13-14,16-21,26-29H2,1-3H3,(H,50,63)(H,49,51,52)(H,53,59,60). The molecule has 1 unspecified atom stereocenters. The first kappa shape index (κ1) is 42.9. The highest BCUT2D eigenvalue weighted by Gasteiger charge is 2.45. The van der Waals surface area contributed by atoms with E-state index in [4.69, 9.17) is 9.72 Å². The molecule has 0 radical (unpaired) electrons. The lowest BCUT2D eigenvalue weighted by Crippen LogP contribution is -2.58. The zero-order chi connectivity index (χ0) is 44.5. The topological polar surface area (TPSA) is 173 Å². The number of anilines is 4. The van der Waals surface area contributed by atoms with Crippen LogP contribution in [0.4, 0.5) is 27.8 Å². The van der Waals surface area contributed by atoms with Gasteiger partial charge in [-0.1, -0.05) is 11.6 Å². The summed E-state index contributed by atoms with van der Waals surface area (Å²) in [6, 6.07) is 20.9. The third-order valence-electron chi connectivity index (χ3n) is 12.9. The number of piperidine rings is 2. The second-order valence-corrected chi connectivity index (χ2v) is 17.9. The van der Waals surface area contributed by atoms with E-state index in [1.807, 2.05) is 32.9 Å². The number of aryl methyl sites for hydroxylation is 1. The molecule has 64 heavy (non-hydrogen) atoms. The van der Waals surface area contributed by atoms with Crippen molar-refractivity contribution >= 4 is 52.7 Å². The smallest absolute Gasteiger partial charge is 0.317 e. The molecule has 3 aromatic carbocycles. The number of hydrogen-bond donors (Lipinski definition) is 3. The van der Waals surface area contributed by atoms with Crippen LogP contribution in [-0.2, 0) is 20.9 Å². The number of fused-ring (bicyclic) bond motifs is 1. The third-order valence-corrected chi connectivity index (χ3v) is 12.9. The average Bonchev–Trinajstić information content (AvgIpc) is 3.52. The van der Waals surface area contributed by atoms with Gasteiger partial charge in [0, 0.05) is 87.6 Å². The predicted octanol–water partition coefficient (Wildman–Crippen LogP) is 4.95. The number of nitrogens with one attached hydrogen (secondary N) is 3. The molecule has 4 saturated heterocycles. The van der Waals surface area contributed by atoms with Gasteiger partial charge in [-0.2, -0.15) is 0 Å². The van der Waals surface area contributed by atoms with Gasteiger partial charge in [-0.05, 0) is 112 Å². The summed E-state index contributed by atoms with van der Waals surface area (Å²) in [5.41, 5.74) is 7.45. The molecule has 0 saturated carbocycles. The van der Waals surface area contributed by atoms with E-state index in [9.17, 15) is 24.0 Å². The molecule has 334 valence electrons. The molecule has 0 spiro atoms. The van der Waals surface area contributed by atoms with Gasteiger partial charge in [-0.25, -0.2) is 14.8 Å². The first-order chi connectivity index (χ1) is 30.9. The van der Waals surface area contributed by atoms with Crippen molar-refractivity contribution in [3.05, 3.63) is 95.2 Å². The van der Waals surface area contributed by atoms with E-state index < -0.39 is 23.8 Å². The second-order valence-electron chi connectivity index (χ2n) is 17.9. The van der Waals surface area contributed by atoms with Crippen LogP contribution < -0.4 is 25.8 Å². The molecule has 0 aliphatic carbocycles. The van der Waals surface area contributed by atoms with E-state index in [0.29, 0.717) is 42.6 Å². The summed E-state index contributed by atoms with van der Waals surface area (Å²) in [5, 5.41) is 8.67. The minimum Gasteiger partial charge on any atom is -0.372 e. The highest BCUT2D eigenvalue weighted by molar-refractivity contribution is 6.23. The number of benzene rings is 3. The summed E-state index contributed by atoms with van der Waals surface area (Å²) >= 11 is 0. The number of nitrogens with zero attached hydrogens (tertiary/aromatic N) is 7. The molecule has 4 fully saturated rings. The molecule has 5 aliphatic rings. The predicted molar refractivity (Wildman–Crippen MR) is 242 cm³/mol. The maximum Gasteiger partial charge on any atom is 0.317 e. The van der Waals surface area contributed by atoms with Crippen LogP contribution in [0.5, 0.6) is 0 Å². The minimum atomic E-state index is -0.967. The van der Waals surface area contributed by atoms with Crippen molar-refractivity contribution in [2.45, 2.75) is 71.2 Å². The molecule has 3 N–H and O–H groups in total. The van der Waals surface area contributed by atoms with Crippen molar-refractivity contribution in [2.75, 3.05) is 74.0 Å². The summed E-state index contributed by atoms with van der Waals surface area (Å²) in [4.78, 5) is 82.7. The van der Waals surface area contributed by atoms with Gasteiger partial charge < -0.3 is 30.1 Å². The van der Waals surface area contributed by atoms with E-state index in [1.165, 1.54) is 5.69 Å². The summed E-state index contributed by atoms with van der Waals surface area (Å²) in [6.07, 6.45) is 4.33. The number of hydrogen-bond acceptors (Lipinski definition) is 12. The Morgan fingerprint density at radius 3 is 2.28 bits per heavy atom. The number of piperazine rings is 1. The van der Waals surface area contributed by atoms with Gasteiger partial charge in [0.2, 0.25) is 17.8 Å². The Kier molecular flexibility index (Phi) is 12.3. The molecule has 0 bridgehead atoms. The Bertz CT molecular complexity index is 2420. The van der Waals surface area contributed by atoms with Gasteiger partial charge in [-0.15, -0.1) is 0 Å². The number of aromatic nitrogens is 2. The number of rotatable bonds is 12. The highest BCUT2D eigenvalue weighted by atomic mass is 16.5. The van der Waals surface area contributed by atoms with Gasteiger partial charge in [0.1, 0.15) is 6.04 Å². The van der Waals surface area contributed by atoms with Crippen LogP contribution in [0, 0.1) is 12.8 Å². The fourth-order valence-corrected chi connectivity index (χ4v) is 9.52. The molecule has 5 aliphatic heterocycles. The van der Waals surface area contributed by atoms with E-state index >= 15 is 0 Å². The van der Waals surface area contributed by atoms with Crippen LogP contribution in [0.25, 0.3) is 11.3 Å². The minimum absolute atomic E-state index is 0.0839.